The van der Waals surface area contributed by atoms with Gasteiger partial charge in [0.2, 0.25) is 5.91 Å². The number of amides is 3. The zero-order valence-corrected chi connectivity index (χ0v) is 14.4. The lowest BCUT2D eigenvalue weighted by Crippen LogP contribution is -2.39. The minimum atomic E-state index is -4.45. The Morgan fingerprint density at radius 2 is 2.08 bits per heavy atom. The molecule has 1 aromatic carbocycles. The molecule has 1 aromatic heterocycles. The van der Waals surface area contributed by atoms with Crippen molar-refractivity contribution in [2.75, 3.05) is 0 Å². The van der Waals surface area contributed by atoms with Crippen molar-refractivity contribution in [3.05, 3.63) is 23.8 Å². The van der Waals surface area contributed by atoms with Crippen LogP contribution in [0.5, 0.6) is 0 Å². The van der Waals surface area contributed by atoms with Crippen LogP contribution in [0.25, 0.3) is 11.0 Å². The fourth-order valence-corrected chi connectivity index (χ4v) is 3.19. The van der Waals surface area contributed by atoms with Gasteiger partial charge in [-0.1, -0.05) is 18.7 Å². The summed E-state index contributed by atoms with van der Waals surface area (Å²) in [6.07, 6.45) is -3.77. The first-order valence-electron chi connectivity index (χ1n) is 7.48. The third-order valence-corrected chi connectivity index (χ3v) is 4.48. The summed E-state index contributed by atoms with van der Waals surface area (Å²) >= 11 is 1.05. The number of hydrogen-bond donors (Lipinski definition) is 2. The Bertz CT molecular complexity index is 804. The molecule has 0 bridgehead atoms. The van der Waals surface area contributed by atoms with Gasteiger partial charge in [-0.2, -0.15) is 13.2 Å². The number of urea groups is 1. The molecule has 136 valence electrons. The fourth-order valence-electron chi connectivity index (χ4n) is 2.24. The van der Waals surface area contributed by atoms with Crippen molar-refractivity contribution in [1.29, 1.82) is 0 Å². The van der Waals surface area contributed by atoms with Crippen LogP contribution in [0.2, 0.25) is 0 Å². The number of rotatable bonds is 5. The van der Waals surface area contributed by atoms with Gasteiger partial charge in [-0.15, -0.1) is 0 Å². The third-order valence-electron chi connectivity index (χ3n) is 3.39. The number of halogens is 3. The molecular formula is C15H17F3N4O2S. The van der Waals surface area contributed by atoms with Gasteiger partial charge in [0, 0.05) is 6.54 Å². The lowest BCUT2D eigenvalue weighted by Gasteiger charge is -2.12. The second-order valence-electron chi connectivity index (χ2n) is 5.36. The van der Waals surface area contributed by atoms with Gasteiger partial charge in [-0.05, 0) is 31.5 Å². The molecule has 0 aliphatic heterocycles. The van der Waals surface area contributed by atoms with E-state index in [-0.39, 0.29) is 0 Å². The summed E-state index contributed by atoms with van der Waals surface area (Å²) < 4.78 is 40.5. The Hall–Kier alpha value is -2.23. The Labute approximate surface area is 146 Å². The number of thioether (sulfide) groups is 1. The number of hydrogen-bond acceptors (Lipinski definition) is 4. The van der Waals surface area contributed by atoms with Crippen LogP contribution in [0.3, 0.4) is 0 Å². The number of aromatic nitrogens is 2. The van der Waals surface area contributed by atoms with E-state index in [0.717, 1.165) is 23.9 Å². The van der Waals surface area contributed by atoms with E-state index in [1.165, 1.54) is 6.07 Å². The number of nitrogens with zero attached hydrogens (tertiary/aromatic N) is 2. The van der Waals surface area contributed by atoms with Gasteiger partial charge < -0.3 is 10.3 Å². The number of aryl methyl sites for hydroxylation is 1. The van der Waals surface area contributed by atoms with Crippen molar-refractivity contribution in [2.45, 2.75) is 43.4 Å². The predicted octanol–water partition coefficient (Wildman–Crippen LogP) is 3.14. The number of imidazole rings is 1. The summed E-state index contributed by atoms with van der Waals surface area (Å²) in [4.78, 5) is 26.9. The van der Waals surface area contributed by atoms with Gasteiger partial charge in [-0.25, -0.2) is 9.78 Å². The van der Waals surface area contributed by atoms with E-state index >= 15 is 0 Å². The maximum atomic E-state index is 12.9. The number of alkyl halides is 3. The Morgan fingerprint density at radius 1 is 1.40 bits per heavy atom. The van der Waals surface area contributed by atoms with E-state index in [1.807, 2.05) is 12.2 Å². The second-order valence-corrected chi connectivity index (χ2v) is 6.67. The summed E-state index contributed by atoms with van der Waals surface area (Å²) in [5.74, 6) is -0.594. The molecule has 1 atom stereocenters. The van der Waals surface area contributed by atoms with Gasteiger partial charge in [0.25, 0.3) is 0 Å². The SMILES string of the molecule is CCCn1c(SC(C)C(=O)NC(N)=O)nc2ccc(C(F)(F)F)cc21. The van der Waals surface area contributed by atoms with E-state index < -0.39 is 28.9 Å². The maximum absolute atomic E-state index is 12.9. The highest BCUT2D eigenvalue weighted by atomic mass is 32.2. The van der Waals surface area contributed by atoms with Gasteiger partial charge in [0.15, 0.2) is 5.16 Å². The second kappa shape index (κ2) is 7.34. The zero-order valence-electron chi connectivity index (χ0n) is 13.6. The van der Waals surface area contributed by atoms with Crippen LogP contribution in [0.4, 0.5) is 18.0 Å². The topological polar surface area (TPSA) is 90.0 Å². The summed E-state index contributed by atoms with van der Waals surface area (Å²) in [7, 11) is 0. The molecule has 1 heterocycles. The third kappa shape index (κ3) is 4.44. The normalized spacial score (nSPS) is 13.0. The summed E-state index contributed by atoms with van der Waals surface area (Å²) in [6.45, 7) is 3.89. The number of nitrogens with two attached hydrogens (primary N) is 1. The number of carbonyl (C=O) groups excluding carboxylic acids is 2. The number of primary amides is 1. The molecule has 0 aliphatic carbocycles. The van der Waals surface area contributed by atoms with Crippen LogP contribution in [0.15, 0.2) is 23.4 Å². The standard InChI is InChI=1S/C15H17F3N4O2S/c1-3-6-22-11-7-9(15(16,17)18)4-5-10(11)20-14(22)25-8(2)12(23)21-13(19)24/h4-5,7-8H,3,6H2,1-2H3,(H3,19,21,23,24). The molecule has 6 nitrogen and oxygen atoms in total. The molecule has 0 saturated carbocycles. The smallest absolute Gasteiger partial charge is 0.351 e. The highest BCUT2D eigenvalue weighted by molar-refractivity contribution is 8.00. The van der Waals surface area contributed by atoms with Crippen molar-refractivity contribution in [3.8, 4) is 0 Å². The van der Waals surface area contributed by atoms with Gasteiger partial charge >= 0.3 is 12.2 Å². The fraction of sp³-hybridized carbons (Fsp3) is 0.400. The maximum Gasteiger partial charge on any atom is 0.416 e. The molecule has 1 unspecified atom stereocenters. The Morgan fingerprint density at radius 3 is 2.64 bits per heavy atom. The first kappa shape index (κ1) is 19.1. The van der Waals surface area contributed by atoms with Crippen LogP contribution in [0.1, 0.15) is 25.8 Å². The van der Waals surface area contributed by atoms with Crippen LogP contribution >= 0.6 is 11.8 Å². The van der Waals surface area contributed by atoms with Crippen LogP contribution in [-0.2, 0) is 17.5 Å². The Balaban J connectivity index is 2.40. The van der Waals surface area contributed by atoms with E-state index in [1.54, 1.807) is 11.5 Å². The minimum Gasteiger partial charge on any atom is -0.351 e. The van der Waals surface area contributed by atoms with Gasteiger partial charge in [-0.3, -0.25) is 10.1 Å². The highest BCUT2D eigenvalue weighted by Gasteiger charge is 2.31. The molecule has 2 rings (SSSR count). The molecule has 25 heavy (non-hydrogen) atoms. The lowest BCUT2D eigenvalue weighted by molar-refractivity contribution is -0.137. The molecule has 3 N–H and O–H groups in total. The predicted molar refractivity (Wildman–Crippen MR) is 88.1 cm³/mol. The largest absolute Gasteiger partial charge is 0.416 e. The number of carbonyl (C=O) groups is 2. The quantitative estimate of drug-likeness (QED) is 0.787. The molecule has 0 spiro atoms. The molecule has 0 saturated heterocycles. The van der Waals surface area contributed by atoms with Crippen LogP contribution in [0, 0.1) is 0 Å². The number of fused-ring (bicyclic) bond motifs is 1. The van der Waals surface area contributed by atoms with Crippen LogP contribution in [-0.4, -0.2) is 26.7 Å². The first-order valence-corrected chi connectivity index (χ1v) is 8.36. The van der Waals surface area contributed by atoms with Gasteiger partial charge in [0.05, 0.1) is 21.8 Å². The zero-order chi connectivity index (χ0) is 18.8. The molecule has 10 heteroatoms. The molecule has 2 aromatic rings. The molecular weight excluding hydrogens is 357 g/mol. The van der Waals surface area contributed by atoms with E-state index in [9.17, 15) is 22.8 Å². The average molecular weight is 374 g/mol. The molecule has 0 radical (unpaired) electrons. The highest BCUT2D eigenvalue weighted by Crippen LogP contribution is 2.33. The first-order chi connectivity index (χ1) is 11.6. The summed E-state index contributed by atoms with van der Waals surface area (Å²) in [5.41, 5.74) is 4.91. The summed E-state index contributed by atoms with van der Waals surface area (Å²) in [5, 5.41) is 1.68. The van der Waals surface area contributed by atoms with E-state index in [2.05, 4.69) is 4.98 Å². The van der Waals surface area contributed by atoms with Gasteiger partial charge in [0.1, 0.15) is 0 Å². The van der Waals surface area contributed by atoms with E-state index in [0.29, 0.717) is 29.2 Å². The minimum absolute atomic E-state index is 0.349. The molecule has 0 fully saturated rings. The van der Waals surface area contributed by atoms with E-state index in [4.69, 9.17) is 5.73 Å². The lowest BCUT2D eigenvalue weighted by atomic mass is 10.2. The van der Waals surface area contributed by atoms with Crippen LogP contribution < -0.4 is 11.1 Å². The van der Waals surface area contributed by atoms with Crippen molar-refractivity contribution in [3.63, 3.8) is 0 Å². The average Bonchev–Trinajstić information content (AvgIpc) is 2.83. The van der Waals surface area contributed by atoms with Crippen molar-refractivity contribution in [1.82, 2.24) is 14.9 Å². The summed E-state index contributed by atoms with van der Waals surface area (Å²) in [6, 6.07) is 2.37. The van der Waals surface area contributed by atoms with Crippen molar-refractivity contribution >= 4 is 34.7 Å². The number of benzene rings is 1. The molecule has 3 amide bonds. The van der Waals surface area contributed by atoms with Crippen molar-refractivity contribution in [2.24, 2.45) is 5.73 Å². The monoisotopic (exact) mass is 374 g/mol. The number of nitrogens with one attached hydrogen (secondary N) is 1. The molecule has 0 aliphatic rings. The number of imide groups is 1. The Kier molecular flexibility index (Phi) is 5.61. The van der Waals surface area contributed by atoms with Crippen molar-refractivity contribution < 1.29 is 22.8 Å².